The van der Waals surface area contributed by atoms with Crippen LogP contribution in [-0.4, -0.2) is 38.1 Å². The van der Waals surface area contributed by atoms with Gasteiger partial charge >= 0.3 is 0 Å². The lowest BCUT2D eigenvalue weighted by Gasteiger charge is -2.32. The van der Waals surface area contributed by atoms with Gasteiger partial charge in [0.05, 0.1) is 6.26 Å². The molecule has 2 rings (SSSR count). The Hall–Kier alpha value is -1.40. The van der Waals surface area contributed by atoms with Crippen molar-refractivity contribution < 1.29 is 13.2 Å². The molecular weight excluding hydrogens is 300 g/mol. The second-order valence-corrected chi connectivity index (χ2v) is 8.13. The zero-order chi connectivity index (χ0) is 16.3. The Morgan fingerprint density at radius 3 is 2.50 bits per heavy atom. The second-order valence-electron chi connectivity index (χ2n) is 6.35. The summed E-state index contributed by atoms with van der Waals surface area (Å²) in [6.07, 6.45) is 2.42. The van der Waals surface area contributed by atoms with Gasteiger partial charge in [-0.3, -0.25) is 4.79 Å². The molecule has 1 aliphatic rings. The normalized spacial score (nSPS) is 16.5. The predicted octanol–water partition coefficient (Wildman–Crippen LogP) is 1.54. The highest BCUT2D eigenvalue weighted by Crippen LogP contribution is 2.20. The van der Waals surface area contributed by atoms with Crippen LogP contribution in [0.1, 0.15) is 31.4 Å². The number of benzene rings is 1. The predicted molar refractivity (Wildman–Crippen MR) is 86.8 cm³/mol. The molecule has 0 radical (unpaired) electrons. The van der Waals surface area contributed by atoms with E-state index >= 15 is 0 Å². The molecule has 5 nitrogen and oxygen atoms in total. The Kier molecular flexibility index (Phi) is 5.24. The summed E-state index contributed by atoms with van der Waals surface area (Å²) in [5.74, 6) is 0.105. The van der Waals surface area contributed by atoms with Crippen LogP contribution in [0.3, 0.4) is 0 Å². The quantitative estimate of drug-likeness (QED) is 0.893. The van der Waals surface area contributed by atoms with Gasteiger partial charge in [-0.25, -0.2) is 13.1 Å². The van der Waals surface area contributed by atoms with Crippen molar-refractivity contribution in [2.24, 2.45) is 5.92 Å². The Morgan fingerprint density at radius 1 is 1.27 bits per heavy atom. The number of fused-ring (bicyclic) bond motifs is 1. The van der Waals surface area contributed by atoms with Gasteiger partial charge in [-0.15, -0.1) is 0 Å². The van der Waals surface area contributed by atoms with Crippen LogP contribution < -0.4 is 4.72 Å². The van der Waals surface area contributed by atoms with Gasteiger partial charge in [0.1, 0.15) is 6.04 Å². The molecule has 0 aromatic heterocycles. The molecule has 1 aromatic rings. The molecule has 1 atom stereocenters. The molecule has 22 heavy (non-hydrogen) atoms. The molecule has 122 valence electrons. The molecule has 1 aliphatic heterocycles. The number of sulfonamides is 1. The lowest BCUT2D eigenvalue weighted by Crippen LogP contribution is -2.50. The third-order valence-corrected chi connectivity index (χ3v) is 4.52. The van der Waals surface area contributed by atoms with Gasteiger partial charge in [-0.05, 0) is 29.9 Å². The summed E-state index contributed by atoms with van der Waals surface area (Å²) < 4.78 is 25.5. The van der Waals surface area contributed by atoms with E-state index in [4.69, 9.17) is 0 Å². The van der Waals surface area contributed by atoms with Gasteiger partial charge in [0.25, 0.3) is 0 Å². The number of rotatable bonds is 5. The minimum atomic E-state index is -3.41. The summed E-state index contributed by atoms with van der Waals surface area (Å²) in [5, 5.41) is 0. The van der Waals surface area contributed by atoms with Crippen LogP contribution in [0.25, 0.3) is 0 Å². The topological polar surface area (TPSA) is 66.5 Å². The third kappa shape index (κ3) is 4.55. The average Bonchev–Trinajstić information content (AvgIpc) is 2.43. The number of amides is 1. The Labute approximate surface area is 132 Å². The maximum Gasteiger partial charge on any atom is 0.241 e. The van der Waals surface area contributed by atoms with Crippen molar-refractivity contribution >= 4 is 15.9 Å². The first-order chi connectivity index (χ1) is 10.3. The van der Waals surface area contributed by atoms with Gasteiger partial charge in [0.15, 0.2) is 0 Å². The van der Waals surface area contributed by atoms with E-state index < -0.39 is 16.1 Å². The van der Waals surface area contributed by atoms with Crippen molar-refractivity contribution in [3.63, 3.8) is 0 Å². The molecule has 0 bridgehead atoms. The monoisotopic (exact) mass is 324 g/mol. The van der Waals surface area contributed by atoms with Gasteiger partial charge in [0, 0.05) is 13.1 Å². The Balaban J connectivity index is 2.14. The zero-order valence-electron chi connectivity index (χ0n) is 13.4. The largest absolute Gasteiger partial charge is 0.337 e. The Bertz CT molecular complexity index is 641. The van der Waals surface area contributed by atoms with Crippen molar-refractivity contribution in [3.05, 3.63) is 35.4 Å². The van der Waals surface area contributed by atoms with Crippen molar-refractivity contribution in [1.29, 1.82) is 0 Å². The highest BCUT2D eigenvalue weighted by atomic mass is 32.2. The third-order valence-electron chi connectivity index (χ3n) is 3.80. The maximum absolute atomic E-state index is 12.7. The molecule has 1 aromatic carbocycles. The standard InChI is InChI=1S/C16H24N2O3S/c1-12(2)10-15(17-22(3,20)21)16(19)18-9-8-13-6-4-5-7-14(13)11-18/h4-7,12,15,17H,8-11H2,1-3H3/t15-/m1/s1. The van der Waals surface area contributed by atoms with Gasteiger partial charge in [-0.1, -0.05) is 38.1 Å². The van der Waals surface area contributed by atoms with Crippen LogP contribution in [0.4, 0.5) is 0 Å². The number of hydrogen-bond acceptors (Lipinski definition) is 3. The lowest BCUT2D eigenvalue weighted by molar-refractivity contribution is -0.134. The maximum atomic E-state index is 12.7. The molecule has 1 amide bonds. The van der Waals surface area contributed by atoms with E-state index in [1.54, 1.807) is 4.90 Å². The zero-order valence-corrected chi connectivity index (χ0v) is 14.2. The molecule has 1 N–H and O–H groups in total. The van der Waals surface area contributed by atoms with Crippen LogP contribution in [-0.2, 0) is 27.8 Å². The lowest BCUT2D eigenvalue weighted by atomic mass is 9.98. The van der Waals surface area contributed by atoms with Gasteiger partial charge in [-0.2, -0.15) is 0 Å². The smallest absolute Gasteiger partial charge is 0.241 e. The summed E-state index contributed by atoms with van der Waals surface area (Å²) in [6, 6.07) is 7.39. The van der Waals surface area contributed by atoms with Crippen molar-refractivity contribution in [2.45, 2.75) is 39.3 Å². The minimum Gasteiger partial charge on any atom is -0.337 e. The van der Waals surface area contributed by atoms with Crippen LogP contribution >= 0.6 is 0 Å². The summed E-state index contributed by atoms with van der Waals surface area (Å²) in [7, 11) is -3.41. The van der Waals surface area contributed by atoms with Crippen molar-refractivity contribution in [1.82, 2.24) is 9.62 Å². The molecule has 6 heteroatoms. The van der Waals surface area contributed by atoms with Crippen LogP contribution in [0.15, 0.2) is 24.3 Å². The fourth-order valence-corrected chi connectivity index (χ4v) is 3.55. The van der Waals surface area contributed by atoms with Crippen LogP contribution in [0.5, 0.6) is 0 Å². The van der Waals surface area contributed by atoms with Gasteiger partial charge in [0.2, 0.25) is 15.9 Å². The summed E-state index contributed by atoms with van der Waals surface area (Å²) in [5.41, 5.74) is 2.41. The molecule has 1 heterocycles. The van der Waals surface area contributed by atoms with E-state index in [0.29, 0.717) is 19.5 Å². The highest BCUT2D eigenvalue weighted by molar-refractivity contribution is 7.88. The van der Waals surface area contributed by atoms with E-state index in [-0.39, 0.29) is 11.8 Å². The van der Waals surface area contributed by atoms with Crippen molar-refractivity contribution in [2.75, 3.05) is 12.8 Å². The SMILES string of the molecule is CC(C)C[C@@H](NS(C)(=O)=O)C(=O)N1CCc2ccccc2C1. The minimum absolute atomic E-state index is 0.131. The summed E-state index contributed by atoms with van der Waals surface area (Å²) in [4.78, 5) is 14.5. The molecule has 0 fully saturated rings. The van der Waals surface area contributed by atoms with Crippen LogP contribution in [0, 0.1) is 5.92 Å². The summed E-state index contributed by atoms with van der Waals surface area (Å²) >= 11 is 0. The first-order valence-corrected chi connectivity index (χ1v) is 9.48. The molecule has 0 saturated carbocycles. The van der Waals surface area contributed by atoms with Crippen molar-refractivity contribution in [3.8, 4) is 0 Å². The first-order valence-electron chi connectivity index (χ1n) is 7.59. The molecule has 0 aliphatic carbocycles. The Morgan fingerprint density at radius 2 is 1.91 bits per heavy atom. The number of carbonyl (C=O) groups excluding carboxylic acids is 1. The number of hydrogen-bond donors (Lipinski definition) is 1. The van der Waals surface area contributed by atoms with E-state index in [1.165, 1.54) is 5.56 Å². The number of nitrogens with zero attached hydrogens (tertiary/aromatic N) is 1. The van der Waals surface area contributed by atoms with Crippen LogP contribution in [0.2, 0.25) is 0 Å². The van der Waals surface area contributed by atoms with E-state index in [1.807, 2.05) is 32.0 Å². The second kappa shape index (κ2) is 6.79. The molecule has 0 unspecified atom stereocenters. The average molecular weight is 324 g/mol. The first kappa shape index (κ1) is 17.0. The molecule has 0 saturated heterocycles. The molecular formula is C16H24N2O3S. The fraction of sp³-hybridized carbons (Fsp3) is 0.562. The summed E-state index contributed by atoms with van der Waals surface area (Å²) in [6.45, 7) is 5.15. The molecule has 0 spiro atoms. The van der Waals surface area contributed by atoms with E-state index in [0.717, 1.165) is 18.2 Å². The number of carbonyl (C=O) groups is 1. The van der Waals surface area contributed by atoms with E-state index in [9.17, 15) is 13.2 Å². The highest BCUT2D eigenvalue weighted by Gasteiger charge is 2.29. The van der Waals surface area contributed by atoms with E-state index in [2.05, 4.69) is 10.8 Å². The van der Waals surface area contributed by atoms with Gasteiger partial charge < -0.3 is 4.90 Å². The fourth-order valence-electron chi connectivity index (χ4n) is 2.83. The number of nitrogens with one attached hydrogen (secondary N) is 1.